The summed E-state index contributed by atoms with van der Waals surface area (Å²) in [6, 6.07) is 11.0. The van der Waals surface area contributed by atoms with E-state index in [1.807, 2.05) is 0 Å². The molecular formula is C16H14BrN3O4. The first-order chi connectivity index (χ1) is 11.4. The van der Waals surface area contributed by atoms with Gasteiger partial charge in [-0.1, -0.05) is 15.9 Å². The highest BCUT2D eigenvalue weighted by Crippen LogP contribution is 2.22. The third-order valence-corrected chi connectivity index (χ3v) is 3.72. The lowest BCUT2D eigenvalue weighted by atomic mass is 10.1. The molecular weight excluding hydrogens is 378 g/mol. The lowest BCUT2D eigenvalue weighted by Gasteiger charge is -2.08. The molecule has 1 N–H and O–H groups in total. The van der Waals surface area contributed by atoms with Crippen molar-refractivity contribution in [2.45, 2.75) is 6.92 Å². The second-order valence-electron chi connectivity index (χ2n) is 4.79. The van der Waals surface area contributed by atoms with Crippen LogP contribution in [0.3, 0.4) is 0 Å². The van der Waals surface area contributed by atoms with Crippen LogP contribution in [-0.4, -0.2) is 23.7 Å². The van der Waals surface area contributed by atoms with Crippen LogP contribution in [0.1, 0.15) is 22.8 Å². The Bertz CT molecular complexity index is 803. The molecule has 8 heteroatoms. The van der Waals surface area contributed by atoms with Gasteiger partial charge in [-0.15, -0.1) is 0 Å². The molecule has 0 aromatic heterocycles. The molecule has 0 saturated carbocycles. The van der Waals surface area contributed by atoms with E-state index in [1.54, 1.807) is 37.3 Å². The molecule has 2 aromatic carbocycles. The number of nitro groups is 1. The molecule has 0 saturated heterocycles. The number of carbonyl (C=O) groups excluding carboxylic acids is 1. The van der Waals surface area contributed by atoms with Crippen molar-refractivity contribution >= 4 is 33.2 Å². The zero-order valence-corrected chi connectivity index (χ0v) is 14.5. The highest BCUT2D eigenvalue weighted by molar-refractivity contribution is 9.10. The molecule has 2 aromatic rings. The summed E-state index contributed by atoms with van der Waals surface area (Å²) >= 11 is 3.30. The zero-order chi connectivity index (χ0) is 17.7. The van der Waals surface area contributed by atoms with E-state index in [0.717, 1.165) is 4.47 Å². The number of rotatable bonds is 5. The van der Waals surface area contributed by atoms with Gasteiger partial charge in [0.2, 0.25) is 0 Å². The van der Waals surface area contributed by atoms with E-state index in [0.29, 0.717) is 22.6 Å². The van der Waals surface area contributed by atoms with Crippen LogP contribution in [0, 0.1) is 10.1 Å². The van der Waals surface area contributed by atoms with Crippen molar-refractivity contribution in [3.05, 3.63) is 68.2 Å². The Morgan fingerprint density at radius 2 is 1.92 bits per heavy atom. The molecule has 0 unspecified atom stereocenters. The van der Waals surface area contributed by atoms with E-state index < -0.39 is 10.8 Å². The van der Waals surface area contributed by atoms with Crippen molar-refractivity contribution in [1.82, 2.24) is 5.43 Å². The molecule has 0 radical (unpaired) electrons. The van der Waals surface area contributed by atoms with Crippen LogP contribution >= 0.6 is 15.9 Å². The van der Waals surface area contributed by atoms with Gasteiger partial charge in [0, 0.05) is 16.6 Å². The smallest absolute Gasteiger partial charge is 0.275 e. The Kier molecular flexibility index (Phi) is 5.64. The summed E-state index contributed by atoms with van der Waals surface area (Å²) < 4.78 is 5.89. The minimum atomic E-state index is -0.475. The van der Waals surface area contributed by atoms with Crippen molar-refractivity contribution in [1.29, 1.82) is 0 Å². The minimum absolute atomic E-state index is 0.00513. The monoisotopic (exact) mass is 391 g/mol. The Labute approximate surface area is 146 Å². The van der Waals surface area contributed by atoms with Gasteiger partial charge in [0.25, 0.3) is 11.6 Å². The first-order valence-electron chi connectivity index (χ1n) is 6.85. The second-order valence-corrected chi connectivity index (χ2v) is 5.70. The average Bonchev–Trinajstić information content (AvgIpc) is 2.59. The van der Waals surface area contributed by atoms with Crippen molar-refractivity contribution < 1.29 is 14.5 Å². The fourth-order valence-electron chi connectivity index (χ4n) is 1.94. The second kappa shape index (κ2) is 7.69. The number of nitro benzene ring substituents is 1. The van der Waals surface area contributed by atoms with Gasteiger partial charge in [-0.05, 0) is 42.8 Å². The molecule has 0 atom stereocenters. The van der Waals surface area contributed by atoms with Crippen molar-refractivity contribution in [3.63, 3.8) is 0 Å². The predicted octanol–water partition coefficient (Wildman–Crippen LogP) is 3.52. The van der Waals surface area contributed by atoms with E-state index in [-0.39, 0.29) is 5.69 Å². The SMILES string of the molecule is COc1ccc(Br)cc1C(=O)N/N=C(\C)c1ccc([N+](=O)[O-])cc1. The first kappa shape index (κ1) is 17.6. The number of ether oxygens (including phenoxy) is 1. The minimum Gasteiger partial charge on any atom is -0.496 e. The van der Waals surface area contributed by atoms with Gasteiger partial charge >= 0.3 is 0 Å². The number of benzene rings is 2. The number of nitrogens with zero attached hydrogens (tertiary/aromatic N) is 2. The molecule has 24 heavy (non-hydrogen) atoms. The molecule has 0 spiro atoms. The molecule has 0 bridgehead atoms. The quantitative estimate of drug-likeness (QED) is 0.479. The van der Waals surface area contributed by atoms with Crippen LogP contribution in [0.4, 0.5) is 5.69 Å². The van der Waals surface area contributed by atoms with Crippen LogP contribution in [0.2, 0.25) is 0 Å². The zero-order valence-electron chi connectivity index (χ0n) is 12.9. The Morgan fingerprint density at radius 3 is 2.50 bits per heavy atom. The third-order valence-electron chi connectivity index (χ3n) is 3.23. The topological polar surface area (TPSA) is 93.8 Å². The molecule has 0 heterocycles. The van der Waals surface area contributed by atoms with Crippen LogP contribution < -0.4 is 10.2 Å². The molecule has 7 nitrogen and oxygen atoms in total. The molecule has 0 aliphatic rings. The molecule has 2 rings (SSSR count). The van der Waals surface area contributed by atoms with Crippen LogP contribution in [0.25, 0.3) is 0 Å². The van der Waals surface area contributed by atoms with Crippen molar-refractivity contribution in [3.8, 4) is 5.75 Å². The predicted molar refractivity (Wildman–Crippen MR) is 93.5 cm³/mol. The van der Waals surface area contributed by atoms with Gasteiger partial charge in [-0.25, -0.2) is 5.43 Å². The number of halogens is 1. The maximum absolute atomic E-state index is 12.2. The molecule has 0 aliphatic carbocycles. The standard InChI is InChI=1S/C16H14BrN3O4/c1-10(11-3-6-13(7-4-11)20(22)23)18-19-16(21)14-9-12(17)5-8-15(14)24-2/h3-9H,1-2H3,(H,19,21)/b18-10+. The van der Waals surface area contributed by atoms with Crippen LogP contribution in [0.5, 0.6) is 5.75 Å². The number of amides is 1. The summed E-state index contributed by atoms with van der Waals surface area (Å²) in [7, 11) is 1.48. The number of carbonyl (C=O) groups is 1. The summed E-state index contributed by atoms with van der Waals surface area (Å²) in [4.78, 5) is 22.4. The highest BCUT2D eigenvalue weighted by atomic mass is 79.9. The summed E-state index contributed by atoms with van der Waals surface area (Å²) in [6.07, 6.45) is 0. The van der Waals surface area contributed by atoms with Crippen molar-refractivity contribution in [2.24, 2.45) is 5.10 Å². The number of hydrogen-bond donors (Lipinski definition) is 1. The number of nitrogens with one attached hydrogen (secondary N) is 1. The van der Waals surface area contributed by atoms with E-state index >= 15 is 0 Å². The molecule has 1 amide bonds. The fraction of sp³-hybridized carbons (Fsp3) is 0.125. The van der Waals surface area contributed by atoms with Gasteiger partial charge in [0.1, 0.15) is 5.75 Å². The van der Waals surface area contributed by atoms with Gasteiger partial charge in [-0.3, -0.25) is 14.9 Å². The van der Waals surface area contributed by atoms with Gasteiger partial charge in [-0.2, -0.15) is 5.10 Å². The largest absolute Gasteiger partial charge is 0.496 e. The first-order valence-corrected chi connectivity index (χ1v) is 7.64. The maximum atomic E-state index is 12.2. The highest BCUT2D eigenvalue weighted by Gasteiger charge is 2.12. The van der Waals surface area contributed by atoms with E-state index in [2.05, 4.69) is 26.5 Å². The molecule has 124 valence electrons. The number of non-ortho nitro benzene ring substituents is 1. The van der Waals surface area contributed by atoms with Crippen molar-refractivity contribution in [2.75, 3.05) is 7.11 Å². The Hall–Kier alpha value is -2.74. The van der Waals surface area contributed by atoms with Crippen LogP contribution in [0.15, 0.2) is 52.0 Å². The molecule has 0 fully saturated rings. The van der Waals surface area contributed by atoms with Gasteiger partial charge < -0.3 is 4.74 Å². The van der Waals surface area contributed by atoms with E-state index in [4.69, 9.17) is 4.74 Å². The number of hydrogen-bond acceptors (Lipinski definition) is 5. The third kappa shape index (κ3) is 4.17. The summed E-state index contributed by atoms with van der Waals surface area (Å²) in [5.74, 6) is 0.00769. The summed E-state index contributed by atoms with van der Waals surface area (Å²) in [5.41, 5.74) is 3.97. The summed E-state index contributed by atoms with van der Waals surface area (Å²) in [6.45, 7) is 1.69. The normalized spacial score (nSPS) is 11.0. The van der Waals surface area contributed by atoms with Gasteiger partial charge in [0.15, 0.2) is 0 Å². The van der Waals surface area contributed by atoms with Gasteiger partial charge in [0.05, 0.1) is 23.3 Å². The lowest BCUT2D eigenvalue weighted by Crippen LogP contribution is -2.20. The average molecular weight is 392 g/mol. The lowest BCUT2D eigenvalue weighted by molar-refractivity contribution is -0.384. The maximum Gasteiger partial charge on any atom is 0.275 e. The van der Waals surface area contributed by atoms with E-state index in [1.165, 1.54) is 19.2 Å². The van der Waals surface area contributed by atoms with Crippen LogP contribution in [-0.2, 0) is 0 Å². The Morgan fingerprint density at radius 1 is 1.25 bits per heavy atom. The number of hydrazone groups is 1. The molecule has 0 aliphatic heterocycles. The number of methoxy groups -OCH3 is 1. The Balaban J connectivity index is 2.16. The van der Waals surface area contributed by atoms with E-state index in [9.17, 15) is 14.9 Å². The fourth-order valence-corrected chi connectivity index (χ4v) is 2.30. The summed E-state index contributed by atoms with van der Waals surface area (Å²) in [5, 5.41) is 14.7.